The minimum absolute atomic E-state index is 0.424. The number of hydrogen-bond donors (Lipinski definition) is 0. The lowest BCUT2D eigenvalue weighted by molar-refractivity contribution is 0.134. The van der Waals surface area contributed by atoms with Gasteiger partial charge in [-0.25, -0.2) is 8.51 Å². The summed E-state index contributed by atoms with van der Waals surface area (Å²) in [6.45, 7) is 8.02. The van der Waals surface area contributed by atoms with E-state index in [-0.39, 0.29) is 0 Å². The molecular formula is C15H21ClN2OS. The average Bonchev–Trinajstić information content (AvgIpc) is 3.18. The predicted octanol–water partition coefficient (Wildman–Crippen LogP) is 2.84. The number of benzene rings is 1. The van der Waals surface area contributed by atoms with E-state index in [2.05, 4.69) is 16.1 Å². The van der Waals surface area contributed by atoms with E-state index < -0.39 is 11.0 Å². The number of nitrogens with zero attached hydrogens (tertiary/aromatic N) is 2. The molecule has 110 valence electrons. The minimum atomic E-state index is -1.14. The maximum atomic E-state index is 12.7. The van der Waals surface area contributed by atoms with Gasteiger partial charge in [0.2, 0.25) is 0 Å². The molecule has 1 aromatic rings. The first-order valence-corrected chi connectivity index (χ1v) is 8.67. The van der Waals surface area contributed by atoms with E-state index in [1.807, 2.05) is 25.1 Å². The standard InChI is InChI=1S/C15H21ClN2OS/c1-12-4-3-5-13(16)14(12)20(19)18-10-8-17(9-11-18)15(2)6-7-15/h3-5H,6-11H2,1-2H3. The minimum Gasteiger partial charge on any atom is -0.295 e. The van der Waals surface area contributed by atoms with E-state index >= 15 is 0 Å². The van der Waals surface area contributed by atoms with Crippen LogP contribution in [0.1, 0.15) is 25.3 Å². The second-order valence-corrected chi connectivity index (χ2v) is 7.88. The van der Waals surface area contributed by atoms with Gasteiger partial charge in [-0.2, -0.15) is 0 Å². The first-order valence-electron chi connectivity index (χ1n) is 7.18. The van der Waals surface area contributed by atoms with Crippen molar-refractivity contribution in [1.82, 2.24) is 9.21 Å². The largest absolute Gasteiger partial charge is 0.295 e. The van der Waals surface area contributed by atoms with Crippen molar-refractivity contribution in [1.29, 1.82) is 0 Å². The van der Waals surface area contributed by atoms with Crippen molar-refractivity contribution >= 4 is 22.6 Å². The number of piperazine rings is 1. The fourth-order valence-electron chi connectivity index (χ4n) is 2.86. The molecule has 2 fully saturated rings. The van der Waals surface area contributed by atoms with Crippen molar-refractivity contribution in [3.8, 4) is 0 Å². The molecule has 0 N–H and O–H groups in total. The molecule has 1 aromatic carbocycles. The highest BCUT2D eigenvalue weighted by Gasteiger charge is 2.44. The van der Waals surface area contributed by atoms with Crippen LogP contribution in [0, 0.1) is 6.92 Å². The molecule has 5 heteroatoms. The van der Waals surface area contributed by atoms with Crippen LogP contribution < -0.4 is 0 Å². The van der Waals surface area contributed by atoms with Gasteiger partial charge >= 0.3 is 0 Å². The fraction of sp³-hybridized carbons (Fsp3) is 0.600. The molecule has 0 amide bonds. The summed E-state index contributed by atoms with van der Waals surface area (Å²) in [4.78, 5) is 3.32. The lowest BCUT2D eigenvalue weighted by Gasteiger charge is -2.37. The Morgan fingerprint density at radius 2 is 1.85 bits per heavy atom. The lowest BCUT2D eigenvalue weighted by Crippen LogP contribution is -2.50. The van der Waals surface area contributed by atoms with E-state index in [1.54, 1.807) is 0 Å². The van der Waals surface area contributed by atoms with Gasteiger partial charge in [0.25, 0.3) is 0 Å². The van der Waals surface area contributed by atoms with Gasteiger partial charge in [0.1, 0.15) is 11.0 Å². The zero-order valence-electron chi connectivity index (χ0n) is 12.1. The van der Waals surface area contributed by atoms with E-state index in [1.165, 1.54) is 12.8 Å². The van der Waals surface area contributed by atoms with Crippen LogP contribution in [-0.2, 0) is 11.0 Å². The van der Waals surface area contributed by atoms with Gasteiger partial charge in [0, 0.05) is 31.7 Å². The molecule has 1 saturated carbocycles. The van der Waals surface area contributed by atoms with Gasteiger partial charge in [-0.15, -0.1) is 0 Å². The summed E-state index contributed by atoms with van der Waals surface area (Å²) >= 11 is 6.22. The quantitative estimate of drug-likeness (QED) is 0.857. The summed E-state index contributed by atoms with van der Waals surface area (Å²) in [6, 6.07) is 5.70. The second kappa shape index (κ2) is 5.41. The number of aryl methyl sites for hydroxylation is 1. The average molecular weight is 313 g/mol. The van der Waals surface area contributed by atoms with Crippen LogP contribution in [0.5, 0.6) is 0 Å². The summed E-state index contributed by atoms with van der Waals surface area (Å²) in [5, 5.41) is 0.611. The van der Waals surface area contributed by atoms with Crippen LogP contribution in [0.4, 0.5) is 0 Å². The van der Waals surface area contributed by atoms with Gasteiger partial charge in [0.15, 0.2) is 0 Å². The Kier molecular flexibility index (Phi) is 3.93. The highest BCUT2D eigenvalue weighted by molar-refractivity contribution is 7.82. The Hall–Kier alpha value is -0.420. The number of hydrogen-bond acceptors (Lipinski definition) is 2. The predicted molar refractivity (Wildman–Crippen MR) is 83.4 cm³/mol. The molecule has 1 heterocycles. The summed E-state index contributed by atoms with van der Waals surface area (Å²) in [5.41, 5.74) is 1.43. The Balaban J connectivity index is 1.70. The van der Waals surface area contributed by atoms with Crippen molar-refractivity contribution in [2.45, 2.75) is 37.1 Å². The molecule has 2 aliphatic rings. The van der Waals surface area contributed by atoms with Gasteiger partial charge in [0.05, 0.1) is 9.92 Å². The molecule has 3 rings (SSSR count). The molecule has 3 nitrogen and oxygen atoms in total. The third-order valence-electron chi connectivity index (χ3n) is 4.55. The van der Waals surface area contributed by atoms with Crippen LogP contribution in [0.15, 0.2) is 23.1 Å². The van der Waals surface area contributed by atoms with Crippen molar-refractivity contribution in [2.75, 3.05) is 26.2 Å². The molecule has 1 saturated heterocycles. The summed E-state index contributed by atoms with van der Waals surface area (Å²) in [6.07, 6.45) is 2.61. The van der Waals surface area contributed by atoms with Crippen molar-refractivity contribution < 1.29 is 4.21 Å². The SMILES string of the molecule is Cc1cccc(Cl)c1S(=O)N1CCN(C2(C)CC2)CC1. The molecule has 1 aliphatic carbocycles. The Morgan fingerprint density at radius 1 is 1.20 bits per heavy atom. The second-order valence-electron chi connectivity index (χ2n) is 6.05. The maximum absolute atomic E-state index is 12.7. The fourth-order valence-corrected chi connectivity index (χ4v) is 4.61. The molecule has 0 spiro atoms. The zero-order valence-corrected chi connectivity index (χ0v) is 13.6. The first-order chi connectivity index (χ1) is 9.51. The lowest BCUT2D eigenvalue weighted by atomic mass is 10.2. The molecule has 0 aromatic heterocycles. The van der Waals surface area contributed by atoms with Crippen LogP contribution in [0.25, 0.3) is 0 Å². The van der Waals surface area contributed by atoms with E-state index in [0.29, 0.717) is 10.6 Å². The van der Waals surface area contributed by atoms with E-state index in [9.17, 15) is 4.21 Å². The molecule has 1 unspecified atom stereocenters. The van der Waals surface area contributed by atoms with E-state index in [0.717, 1.165) is 36.6 Å². The molecular weight excluding hydrogens is 292 g/mol. The van der Waals surface area contributed by atoms with Gasteiger partial charge in [-0.1, -0.05) is 23.7 Å². The van der Waals surface area contributed by atoms with Gasteiger partial charge in [-0.05, 0) is 38.3 Å². The Bertz CT molecular complexity index is 516. The highest BCUT2D eigenvalue weighted by Crippen LogP contribution is 2.41. The van der Waals surface area contributed by atoms with Gasteiger partial charge < -0.3 is 0 Å². The van der Waals surface area contributed by atoms with Crippen molar-refractivity contribution in [3.63, 3.8) is 0 Å². The monoisotopic (exact) mass is 312 g/mol. The normalized spacial score (nSPS) is 24.6. The van der Waals surface area contributed by atoms with E-state index in [4.69, 9.17) is 11.6 Å². The summed E-state index contributed by atoms with van der Waals surface area (Å²) in [7, 11) is -1.14. The Labute approximate surface area is 128 Å². The number of rotatable bonds is 3. The smallest absolute Gasteiger partial charge is 0.129 e. The summed E-state index contributed by atoms with van der Waals surface area (Å²) < 4.78 is 14.8. The Morgan fingerprint density at radius 3 is 2.40 bits per heavy atom. The third-order valence-corrected chi connectivity index (χ3v) is 6.70. The zero-order chi connectivity index (χ0) is 14.3. The highest BCUT2D eigenvalue weighted by atomic mass is 35.5. The molecule has 1 atom stereocenters. The molecule has 0 radical (unpaired) electrons. The third kappa shape index (κ3) is 2.67. The molecule has 1 aliphatic heterocycles. The van der Waals surface area contributed by atoms with Crippen molar-refractivity contribution in [3.05, 3.63) is 28.8 Å². The molecule has 0 bridgehead atoms. The summed E-state index contributed by atoms with van der Waals surface area (Å²) in [5.74, 6) is 0. The van der Waals surface area contributed by atoms with Crippen LogP contribution >= 0.6 is 11.6 Å². The van der Waals surface area contributed by atoms with Crippen LogP contribution in [0.3, 0.4) is 0 Å². The van der Waals surface area contributed by atoms with Gasteiger partial charge in [-0.3, -0.25) is 4.90 Å². The number of halogens is 1. The molecule has 20 heavy (non-hydrogen) atoms. The first kappa shape index (κ1) is 14.5. The topological polar surface area (TPSA) is 23.6 Å². The maximum Gasteiger partial charge on any atom is 0.129 e. The van der Waals surface area contributed by atoms with Crippen LogP contribution in [-0.4, -0.2) is 45.1 Å². The van der Waals surface area contributed by atoms with Crippen LogP contribution in [0.2, 0.25) is 5.02 Å². The van der Waals surface area contributed by atoms with Crippen molar-refractivity contribution in [2.24, 2.45) is 0 Å².